The molecule has 1 saturated carbocycles. The van der Waals surface area contributed by atoms with E-state index in [0.29, 0.717) is 11.8 Å². The summed E-state index contributed by atoms with van der Waals surface area (Å²) in [7, 11) is 0. The highest BCUT2D eigenvalue weighted by atomic mass is 16.2. The minimum absolute atomic E-state index is 0.150. The van der Waals surface area contributed by atoms with Crippen molar-refractivity contribution in [2.75, 3.05) is 37.6 Å². The van der Waals surface area contributed by atoms with E-state index in [9.17, 15) is 9.59 Å². The molecule has 1 N–H and O–H groups in total. The van der Waals surface area contributed by atoms with Crippen molar-refractivity contribution in [3.05, 3.63) is 38.5 Å². The smallest absolute Gasteiger partial charge is 0.329 e. The Labute approximate surface area is 176 Å². The number of rotatable bonds is 7. The van der Waals surface area contributed by atoms with Gasteiger partial charge in [-0.1, -0.05) is 13.8 Å². The van der Waals surface area contributed by atoms with Gasteiger partial charge in [-0.05, 0) is 55.8 Å². The van der Waals surface area contributed by atoms with E-state index in [1.165, 1.54) is 0 Å². The number of fused-ring (bicyclic) bond motifs is 1. The van der Waals surface area contributed by atoms with Crippen LogP contribution in [0.15, 0.2) is 21.7 Å². The monoisotopic (exact) mass is 409 g/mol. The fraction of sp³-hybridized carbons (Fsp3) is 0.609. The second-order valence-electron chi connectivity index (χ2n) is 9.23. The van der Waals surface area contributed by atoms with Crippen molar-refractivity contribution < 1.29 is 0 Å². The molecule has 30 heavy (non-hydrogen) atoms. The number of H-pyrrole nitrogens is 1. The Morgan fingerprint density at radius 1 is 1.33 bits per heavy atom. The molecule has 7 nitrogen and oxygen atoms in total. The molecule has 4 rings (SSSR count). The Hall–Kier alpha value is -2.59. The number of nitriles is 1. The maximum Gasteiger partial charge on any atom is 0.329 e. The van der Waals surface area contributed by atoms with E-state index in [4.69, 9.17) is 5.26 Å². The van der Waals surface area contributed by atoms with Gasteiger partial charge in [0.05, 0.1) is 17.0 Å². The highest BCUT2D eigenvalue weighted by molar-refractivity contribution is 5.87. The van der Waals surface area contributed by atoms with Gasteiger partial charge in [0.15, 0.2) is 0 Å². The van der Waals surface area contributed by atoms with Gasteiger partial charge in [-0.15, -0.1) is 0 Å². The molecule has 1 aliphatic carbocycles. The van der Waals surface area contributed by atoms with Crippen LogP contribution in [0.4, 0.5) is 5.69 Å². The topological polar surface area (TPSA) is 85.1 Å². The zero-order valence-corrected chi connectivity index (χ0v) is 18.2. The lowest BCUT2D eigenvalue weighted by molar-refractivity contribution is 0.189. The number of benzene rings is 1. The van der Waals surface area contributed by atoms with E-state index in [1.54, 1.807) is 4.57 Å². The SMILES string of the molecule is CCN(CCC#N)CC1(C)CCN(c2ccc3c(=O)[nH]c(=O)n(C4CC4)c3c2C)C1. The molecule has 2 aliphatic rings. The third-order valence-electron chi connectivity index (χ3n) is 6.73. The largest absolute Gasteiger partial charge is 0.371 e. The number of nitrogens with one attached hydrogen (secondary N) is 1. The van der Waals surface area contributed by atoms with Crippen LogP contribution >= 0.6 is 0 Å². The van der Waals surface area contributed by atoms with Gasteiger partial charge in [0.1, 0.15) is 0 Å². The molecule has 1 saturated heterocycles. The van der Waals surface area contributed by atoms with Crippen molar-refractivity contribution in [3.63, 3.8) is 0 Å². The van der Waals surface area contributed by atoms with Crippen LogP contribution in [0, 0.1) is 23.7 Å². The molecule has 160 valence electrons. The highest BCUT2D eigenvalue weighted by Gasteiger charge is 2.36. The average molecular weight is 410 g/mol. The first-order chi connectivity index (χ1) is 14.4. The fourth-order valence-electron chi connectivity index (χ4n) is 4.99. The maximum atomic E-state index is 12.5. The van der Waals surface area contributed by atoms with Crippen molar-refractivity contribution in [1.29, 1.82) is 5.26 Å². The summed E-state index contributed by atoms with van der Waals surface area (Å²) in [5.74, 6) is 0. The molecular weight excluding hydrogens is 378 g/mol. The van der Waals surface area contributed by atoms with Crippen molar-refractivity contribution >= 4 is 16.6 Å². The van der Waals surface area contributed by atoms with Crippen LogP contribution in [-0.2, 0) is 0 Å². The Balaban J connectivity index is 1.65. The maximum absolute atomic E-state index is 12.5. The molecule has 2 aromatic rings. The van der Waals surface area contributed by atoms with Crippen LogP contribution in [0.1, 0.15) is 51.1 Å². The van der Waals surface area contributed by atoms with Crippen LogP contribution in [0.2, 0.25) is 0 Å². The van der Waals surface area contributed by atoms with Gasteiger partial charge >= 0.3 is 5.69 Å². The Kier molecular flexibility index (Phi) is 5.46. The lowest BCUT2D eigenvalue weighted by Gasteiger charge is -2.32. The fourth-order valence-corrected chi connectivity index (χ4v) is 4.99. The Morgan fingerprint density at radius 2 is 2.10 bits per heavy atom. The van der Waals surface area contributed by atoms with E-state index in [-0.39, 0.29) is 22.7 Å². The van der Waals surface area contributed by atoms with Crippen LogP contribution in [-0.4, -0.2) is 47.2 Å². The molecule has 1 aromatic heterocycles. The molecule has 0 spiro atoms. The van der Waals surface area contributed by atoms with Crippen molar-refractivity contribution in [1.82, 2.24) is 14.5 Å². The molecule has 1 aromatic carbocycles. The van der Waals surface area contributed by atoms with Crippen LogP contribution in [0.5, 0.6) is 0 Å². The number of aryl methyl sites for hydroxylation is 1. The number of hydrogen-bond donors (Lipinski definition) is 1. The highest BCUT2D eigenvalue weighted by Crippen LogP contribution is 2.39. The van der Waals surface area contributed by atoms with Gasteiger partial charge in [0.25, 0.3) is 5.56 Å². The van der Waals surface area contributed by atoms with Gasteiger partial charge in [-0.2, -0.15) is 5.26 Å². The van der Waals surface area contributed by atoms with Gasteiger partial charge in [-0.3, -0.25) is 14.3 Å². The quantitative estimate of drug-likeness (QED) is 0.760. The first-order valence-corrected chi connectivity index (χ1v) is 11.0. The van der Waals surface area contributed by atoms with E-state index in [2.05, 4.69) is 34.7 Å². The summed E-state index contributed by atoms with van der Waals surface area (Å²) in [5.41, 5.74) is 2.48. The number of hydrogen-bond acceptors (Lipinski definition) is 5. The van der Waals surface area contributed by atoms with Crippen molar-refractivity contribution in [2.24, 2.45) is 5.41 Å². The zero-order valence-electron chi connectivity index (χ0n) is 18.2. The Morgan fingerprint density at radius 3 is 2.77 bits per heavy atom. The predicted molar refractivity (Wildman–Crippen MR) is 119 cm³/mol. The first-order valence-electron chi connectivity index (χ1n) is 11.0. The van der Waals surface area contributed by atoms with Crippen LogP contribution in [0.3, 0.4) is 0 Å². The minimum atomic E-state index is -0.302. The minimum Gasteiger partial charge on any atom is -0.371 e. The summed E-state index contributed by atoms with van der Waals surface area (Å²) in [6.45, 7) is 11.1. The van der Waals surface area contributed by atoms with Crippen molar-refractivity contribution in [3.8, 4) is 6.07 Å². The Bertz CT molecular complexity index is 1110. The summed E-state index contributed by atoms with van der Waals surface area (Å²) >= 11 is 0. The normalized spacial score (nSPS) is 21.5. The average Bonchev–Trinajstić information content (AvgIpc) is 3.47. The molecule has 1 atom stereocenters. The second kappa shape index (κ2) is 7.92. The molecule has 7 heteroatoms. The molecule has 2 fully saturated rings. The third-order valence-corrected chi connectivity index (χ3v) is 6.73. The molecular formula is C23H31N5O2. The standard InChI is InChI=1S/C23H31N5O2/c1-4-26(12-5-11-24)14-23(3)10-13-27(15-23)19-9-8-18-20(16(19)2)28(17-6-7-17)22(30)25-21(18)29/h8-9,17H,4-7,10,12-15H2,1-3H3,(H,25,29,30). The molecule has 0 amide bonds. The van der Waals surface area contributed by atoms with E-state index >= 15 is 0 Å². The second-order valence-corrected chi connectivity index (χ2v) is 9.23. The van der Waals surface area contributed by atoms with Crippen molar-refractivity contribution in [2.45, 2.75) is 52.5 Å². The number of aromatic amines is 1. The summed E-state index contributed by atoms with van der Waals surface area (Å²) in [6.07, 6.45) is 3.62. The van der Waals surface area contributed by atoms with E-state index in [0.717, 1.165) is 68.8 Å². The lowest BCUT2D eigenvalue weighted by Crippen LogP contribution is -2.38. The number of aromatic nitrogens is 2. The van der Waals surface area contributed by atoms with E-state index < -0.39 is 0 Å². The van der Waals surface area contributed by atoms with Gasteiger partial charge in [-0.25, -0.2) is 4.79 Å². The van der Waals surface area contributed by atoms with Gasteiger partial charge < -0.3 is 9.80 Å². The summed E-state index contributed by atoms with van der Waals surface area (Å²) in [4.78, 5) is 32.2. The molecule has 2 heterocycles. The molecule has 1 aliphatic heterocycles. The number of nitrogens with zero attached hydrogens (tertiary/aromatic N) is 4. The first kappa shape index (κ1) is 20.7. The predicted octanol–water partition coefficient (Wildman–Crippen LogP) is 2.79. The van der Waals surface area contributed by atoms with E-state index in [1.807, 2.05) is 19.1 Å². The zero-order chi connectivity index (χ0) is 21.5. The summed E-state index contributed by atoms with van der Waals surface area (Å²) < 4.78 is 1.80. The van der Waals surface area contributed by atoms with Gasteiger partial charge in [0, 0.05) is 44.3 Å². The molecule has 0 bridgehead atoms. The third kappa shape index (κ3) is 3.77. The summed E-state index contributed by atoms with van der Waals surface area (Å²) in [6, 6.07) is 6.36. The lowest BCUT2D eigenvalue weighted by atomic mass is 9.89. The van der Waals surface area contributed by atoms with Crippen LogP contribution in [0.25, 0.3) is 10.9 Å². The molecule has 0 radical (unpaired) electrons. The molecule has 1 unspecified atom stereocenters. The number of anilines is 1. The van der Waals surface area contributed by atoms with Crippen LogP contribution < -0.4 is 16.1 Å². The summed E-state index contributed by atoms with van der Waals surface area (Å²) in [5, 5.41) is 9.51. The van der Waals surface area contributed by atoms with Gasteiger partial charge in [0.2, 0.25) is 0 Å².